The van der Waals surface area contributed by atoms with Gasteiger partial charge in [-0.15, -0.1) is 5.06 Å². The molecule has 0 atom stereocenters. The number of nitrogens with zero attached hydrogens (tertiary/aromatic N) is 3. The Kier molecular flexibility index (Phi) is 32.6. The van der Waals surface area contributed by atoms with Gasteiger partial charge in [-0.3, -0.25) is 28.5 Å². The molecule has 16 nitrogen and oxygen atoms in total. The molecule has 4 amide bonds. The van der Waals surface area contributed by atoms with Crippen molar-refractivity contribution >= 4 is 79.5 Å². The van der Waals surface area contributed by atoms with Gasteiger partial charge in [0, 0.05) is 114 Å². The number of benzene rings is 9. The number of hydrogen-bond acceptors (Lipinski definition) is 10. The maximum Gasteiger partial charge on any atom is 0.295 e. The molecule has 0 radical (unpaired) electrons. The van der Waals surface area contributed by atoms with E-state index in [1.54, 1.807) is 36.4 Å². The van der Waals surface area contributed by atoms with E-state index >= 15 is 0 Å². The van der Waals surface area contributed by atoms with Crippen LogP contribution in [0.1, 0.15) is 144 Å². The fourth-order valence-electron chi connectivity index (χ4n) is 13.0. The molecule has 12 rings (SSSR count). The van der Waals surface area contributed by atoms with Crippen LogP contribution in [0.3, 0.4) is 0 Å². The van der Waals surface area contributed by atoms with E-state index in [1.165, 1.54) is 73.4 Å². The van der Waals surface area contributed by atoms with Gasteiger partial charge in [-0.25, -0.2) is 0 Å². The number of allylic oxidation sites excluding steroid dienone is 6. The lowest BCUT2D eigenvalue weighted by Crippen LogP contribution is -2.28. The van der Waals surface area contributed by atoms with Gasteiger partial charge in [-0.1, -0.05) is 248 Å². The smallest absolute Gasteiger partial charge is 0.295 e. The van der Waals surface area contributed by atoms with E-state index in [2.05, 4.69) is 253 Å². The molecule has 1 fully saturated rings. The van der Waals surface area contributed by atoms with Crippen molar-refractivity contribution in [1.29, 1.82) is 0 Å². The first-order chi connectivity index (χ1) is 52.6. The molecule has 9 aromatic carbocycles. The third kappa shape index (κ3) is 25.1. The number of nitrogens with one attached hydrogen (secondary N) is 3. The topological polar surface area (TPSA) is 215 Å². The lowest BCUT2D eigenvalue weighted by atomic mass is 9.81. The lowest BCUT2D eigenvalue weighted by molar-refractivity contribution is -0.401. The summed E-state index contributed by atoms with van der Waals surface area (Å²) in [6, 6.07) is 67.8. The second-order valence-electron chi connectivity index (χ2n) is 28.6. The Morgan fingerprint density at radius 1 is 0.582 bits per heavy atom. The fourth-order valence-corrected chi connectivity index (χ4v) is 13.7. The minimum absolute atomic E-state index is 0.0257. The Balaban J connectivity index is 0.000000217. The minimum atomic E-state index is -4.30. The molecule has 5 N–H and O–H groups in total. The Morgan fingerprint density at radius 2 is 1.09 bits per heavy atom. The highest BCUT2D eigenvalue weighted by molar-refractivity contribution is 7.86. The van der Waals surface area contributed by atoms with Crippen molar-refractivity contribution in [2.24, 2.45) is 0 Å². The zero-order chi connectivity index (χ0) is 80.0. The number of hydroxylamine groups is 2. The molecule has 110 heavy (non-hydrogen) atoms. The highest BCUT2D eigenvalue weighted by Gasteiger charge is 2.43. The highest BCUT2D eigenvalue weighted by atomic mass is 32.2. The van der Waals surface area contributed by atoms with E-state index in [4.69, 9.17) is 14.7 Å². The Labute approximate surface area is 651 Å². The van der Waals surface area contributed by atoms with Crippen molar-refractivity contribution in [1.82, 2.24) is 15.7 Å². The van der Waals surface area contributed by atoms with Crippen LogP contribution in [0.2, 0.25) is 0 Å². The van der Waals surface area contributed by atoms with Crippen molar-refractivity contribution in [2.45, 2.75) is 143 Å². The molecule has 0 spiro atoms. The average Bonchev–Trinajstić information content (AvgIpc) is 1.57. The normalized spacial score (nSPS) is 13.9. The first kappa shape index (κ1) is 85.8. The van der Waals surface area contributed by atoms with Gasteiger partial charge in [-0.2, -0.15) is 13.0 Å². The predicted octanol–water partition coefficient (Wildman–Crippen LogP) is 18.8. The van der Waals surface area contributed by atoms with Crippen LogP contribution >= 0.6 is 0 Å². The standard InChI is InChI=1S/C41H49N3O.C20H20N2O4S.C13H13NO3.C10H13.C8H10.CH2O2/c1-31-24-26-32(27-25-31)28-29-42-39(45)23-11-8-16-30-44-36-20-15-13-18-34(36)41(4,5)38(44)22-10-7-9-21-37-40(2,3)33-17-12-14-19-35(33)43(37)6;1-14-8-10-15(11-9-14)20(23)22-13-12-21-18-6-2-5-17-16(18)4-3-7-19(17)27(24,25)26;1-9-3-5-11(6-4-9)10(2)17-14-12(15)7-8-13(14)16;1-3-4-10-7-5-9(2)6-8-10;1-7-3-5-8(2)6-4-7;2-1-3/h7,9-10,12-15,17-22,24-27H,8,11,16,23,28-30H2,1-6H3;2-11,21H,12-13H2,1H3,(H,22,23)(H,24,25,26);3-6H,2,7-8H2,1H3;5-8H,1,3-4H2,2H3;3-6H,1-2H3;1H,(H,2,3)/q;;;+1;;/p+1. The highest BCUT2D eigenvalue weighted by Crippen LogP contribution is 2.48. The molecule has 0 aliphatic carbocycles. The van der Waals surface area contributed by atoms with Crippen LogP contribution in [0.4, 0.5) is 17.1 Å². The van der Waals surface area contributed by atoms with Gasteiger partial charge in [-0.05, 0) is 128 Å². The summed E-state index contributed by atoms with van der Waals surface area (Å²) in [6.07, 6.45) is 18.0. The molecule has 3 heterocycles. The van der Waals surface area contributed by atoms with Gasteiger partial charge in [0.1, 0.15) is 11.9 Å². The molecule has 0 saturated carbocycles. The number of carboxylic acid groups (broad SMARTS) is 1. The first-order valence-electron chi connectivity index (χ1n) is 37.4. The van der Waals surface area contributed by atoms with Gasteiger partial charge < -0.3 is 30.8 Å². The minimum Gasteiger partial charge on any atom is -0.483 e. The van der Waals surface area contributed by atoms with Crippen LogP contribution in [0.5, 0.6) is 0 Å². The molecule has 0 aromatic heterocycles. The largest absolute Gasteiger partial charge is 0.483 e. The summed E-state index contributed by atoms with van der Waals surface area (Å²) in [4.78, 5) is 63.1. The summed E-state index contributed by atoms with van der Waals surface area (Å²) in [5.74, 6) is -0.328. The van der Waals surface area contributed by atoms with E-state index in [0.29, 0.717) is 48.2 Å². The van der Waals surface area contributed by atoms with Crippen molar-refractivity contribution in [2.75, 3.05) is 43.4 Å². The zero-order valence-electron chi connectivity index (χ0n) is 65.6. The Hall–Kier alpha value is -11.4. The number of hydrogen-bond donors (Lipinski definition) is 5. The van der Waals surface area contributed by atoms with Crippen LogP contribution in [-0.4, -0.2) is 96.8 Å². The molecule has 17 heteroatoms. The number of aryl methyl sites for hydroxylation is 7. The van der Waals surface area contributed by atoms with E-state index in [1.807, 2.05) is 56.3 Å². The number of para-hydroxylation sites is 2. The van der Waals surface area contributed by atoms with Crippen LogP contribution in [0.25, 0.3) is 16.5 Å². The fraction of sp³-hybridized carbons (Fsp3) is 0.280. The predicted molar refractivity (Wildman–Crippen MR) is 447 cm³/mol. The van der Waals surface area contributed by atoms with E-state index in [9.17, 15) is 32.1 Å². The molecule has 574 valence electrons. The monoisotopic (exact) mass is 1500 g/mol. The SMILES string of the molecule is C=C(ON1C(=O)CCC1=O)c1ccc(C)cc1.Cc1ccc(C(=O)NCCNc2cccc3c(S(=O)(=O)O)cccc23)cc1.Cc1ccc(C)cc1.Cc1ccc(CCNC(=O)CCCCCN2/C(=C/C=C/C=C/C3=[N+](C)c4ccccc4C3(C)C)C(C)(C)c3ccccc32)cc1.O=CO.[CH2+]CCc1ccc(C)cc1. The number of carbonyl (C=O) groups excluding carboxylic acids is 4. The van der Waals surface area contributed by atoms with Crippen LogP contribution in [-0.2, 0) is 57.8 Å². The number of imide groups is 1. The van der Waals surface area contributed by atoms with E-state index < -0.39 is 10.1 Å². The maximum absolute atomic E-state index is 12.4. The number of fused-ring (bicyclic) bond motifs is 3. The summed E-state index contributed by atoms with van der Waals surface area (Å²) < 4.78 is 34.8. The molecular weight excluding hydrogens is 1390 g/mol. The van der Waals surface area contributed by atoms with Gasteiger partial charge in [0.25, 0.3) is 34.3 Å². The van der Waals surface area contributed by atoms with E-state index in [0.717, 1.165) is 72.5 Å². The number of rotatable bonds is 23. The van der Waals surface area contributed by atoms with Gasteiger partial charge >= 0.3 is 0 Å². The third-order valence-corrected chi connectivity index (χ3v) is 20.1. The maximum atomic E-state index is 12.4. The summed E-state index contributed by atoms with van der Waals surface area (Å²) >= 11 is 0. The molecule has 9 aromatic rings. The Bertz CT molecular complexity index is 4790. The summed E-state index contributed by atoms with van der Waals surface area (Å²) in [6.45, 7) is 31.4. The number of anilines is 2. The number of carbonyl (C=O) groups is 5. The average molecular weight is 1500 g/mol. The van der Waals surface area contributed by atoms with Crippen LogP contribution < -0.4 is 20.9 Å². The van der Waals surface area contributed by atoms with Crippen molar-refractivity contribution in [3.63, 3.8) is 0 Å². The molecule has 0 bridgehead atoms. The van der Waals surface area contributed by atoms with Crippen LogP contribution in [0, 0.1) is 48.5 Å². The lowest BCUT2D eigenvalue weighted by Gasteiger charge is -2.27. The molecule has 3 aliphatic rings. The van der Waals surface area contributed by atoms with Crippen molar-refractivity contribution < 1.29 is 51.5 Å². The molecule has 0 unspecified atom stereocenters. The van der Waals surface area contributed by atoms with Gasteiger partial charge in [0.2, 0.25) is 11.6 Å². The summed E-state index contributed by atoms with van der Waals surface area (Å²) in [7, 11) is -2.14. The second-order valence-corrected chi connectivity index (χ2v) is 30.0. The van der Waals surface area contributed by atoms with E-state index in [-0.39, 0.29) is 58.7 Å². The second kappa shape index (κ2) is 41.8. The quantitative estimate of drug-likeness (QED) is 0.00591. The summed E-state index contributed by atoms with van der Waals surface area (Å²) in [5, 5.41) is 17.9. The number of unbranched alkanes of at least 4 members (excludes halogenated alkanes) is 2. The van der Waals surface area contributed by atoms with Gasteiger partial charge in [0.05, 0.1) is 18.8 Å². The zero-order valence-corrected chi connectivity index (χ0v) is 66.4. The van der Waals surface area contributed by atoms with Gasteiger partial charge in [0.15, 0.2) is 11.5 Å². The summed E-state index contributed by atoms with van der Waals surface area (Å²) in [5.41, 5.74) is 20.0. The number of amides is 4. The molecule has 1 saturated heterocycles. The van der Waals surface area contributed by atoms with Crippen molar-refractivity contribution in [3.8, 4) is 0 Å². The third-order valence-electron chi connectivity index (χ3n) is 19.2. The molecule has 3 aliphatic heterocycles. The molecular formula is C93H108N6O10S+2. The Morgan fingerprint density at radius 3 is 1.65 bits per heavy atom. The first-order valence-corrected chi connectivity index (χ1v) is 38.8. The van der Waals surface area contributed by atoms with Crippen molar-refractivity contribution in [3.05, 3.63) is 323 Å². The van der Waals surface area contributed by atoms with Crippen LogP contribution in [0.15, 0.2) is 254 Å².